The molecule has 1 aliphatic rings. The number of carbonyl (C=O) groups excluding carboxylic acids is 2. The molecule has 150 valence electrons. The van der Waals surface area contributed by atoms with E-state index in [0.29, 0.717) is 11.5 Å². The molecule has 0 aromatic heterocycles. The predicted molar refractivity (Wildman–Crippen MR) is 105 cm³/mol. The van der Waals surface area contributed by atoms with E-state index in [0.717, 1.165) is 37.7 Å². The quantitative estimate of drug-likeness (QED) is 0.769. The van der Waals surface area contributed by atoms with Crippen molar-refractivity contribution in [1.82, 2.24) is 5.32 Å². The molecule has 0 bridgehead atoms. The Labute approximate surface area is 161 Å². The van der Waals surface area contributed by atoms with Crippen molar-refractivity contribution in [3.05, 3.63) is 35.4 Å². The molecule has 0 radical (unpaired) electrons. The van der Waals surface area contributed by atoms with E-state index >= 15 is 0 Å². The monoisotopic (exact) mass is 376 g/mol. The molecule has 2 rings (SSSR count). The standard InChI is InChI=1S/C21H32N2O4/c1-21(2,3)27-20(25)23-17-10-11-18(22)15(13-17)9-8-14-6-5-7-16(12-14)19(24)26-4/h5-7,12,15,17-18H,8-11,13,22H2,1-4H3,(H,23,25)/t15-,17-,18+/m1/s1. The first-order chi connectivity index (χ1) is 12.7. The van der Waals surface area contributed by atoms with Crippen molar-refractivity contribution in [2.45, 2.75) is 70.6 Å². The molecule has 0 spiro atoms. The maximum atomic E-state index is 12.0. The number of amides is 1. The normalized spacial score (nSPS) is 22.8. The van der Waals surface area contributed by atoms with Crippen molar-refractivity contribution in [2.24, 2.45) is 11.7 Å². The van der Waals surface area contributed by atoms with Crippen LogP contribution in [0.15, 0.2) is 24.3 Å². The summed E-state index contributed by atoms with van der Waals surface area (Å²) < 4.78 is 10.1. The largest absolute Gasteiger partial charge is 0.465 e. The van der Waals surface area contributed by atoms with Gasteiger partial charge in [0.1, 0.15) is 5.60 Å². The lowest BCUT2D eigenvalue weighted by Crippen LogP contribution is -2.46. The van der Waals surface area contributed by atoms with Crippen LogP contribution in [-0.2, 0) is 15.9 Å². The fourth-order valence-corrected chi connectivity index (χ4v) is 3.55. The van der Waals surface area contributed by atoms with E-state index in [9.17, 15) is 9.59 Å². The average Bonchev–Trinajstić information content (AvgIpc) is 2.60. The van der Waals surface area contributed by atoms with Crippen molar-refractivity contribution >= 4 is 12.1 Å². The third-order valence-electron chi connectivity index (χ3n) is 4.91. The van der Waals surface area contributed by atoms with Crippen molar-refractivity contribution in [3.8, 4) is 0 Å². The van der Waals surface area contributed by atoms with Crippen LogP contribution in [0.2, 0.25) is 0 Å². The van der Waals surface area contributed by atoms with Gasteiger partial charge in [-0.25, -0.2) is 9.59 Å². The number of nitrogens with two attached hydrogens (primary N) is 1. The average molecular weight is 376 g/mol. The highest BCUT2D eigenvalue weighted by atomic mass is 16.6. The number of hydrogen-bond acceptors (Lipinski definition) is 5. The molecule has 6 heteroatoms. The minimum absolute atomic E-state index is 0.0889. The molecular formula is C21H32N2O4. The van der Waals surface area contributed by atoms with E-state index in [1.54, 1.807) is 6.07 Å². The second-order valence-electron chi connectivity index (χ2n) is 8.31. The molecule has 1 amide bonds. The summed E-state index contributed by atoms with van der Waals surface area (Å²) in [6.07, 6.45) is 3.98. The lowest BCUT2D eigenvalue weighted by atomic mass is 9.79. The van der Waals surface area contributed by atoms with Gasteiger partial charge in [0.05, 0.1) is 12.7 Å². The lowest BCUT2D eigenvalue weighted by Gasteiger charge is -2.35. The van der Waals surface area contributed by atoms with Gasteiger partial charge in [0.25, 0.3) is 0 Å². The summed E-state index contributed by atoms with van der Waals surface area (Å²) in [5.41, 5.74) is 7.47. The van der Waals surface area contributed by atoms with Gasteiger partial charge in [0, 0.05) is 12.1 Å². The summed E-state index contributed by atoms with van der Waals surface area (Å²) in [4.78, 5) is 23.7. The second kappa shape index (κ2) is 9.22. The Bertz CT molecular complexity index is 654. The molecule has 1 fully saturated rings. The third kappa shape index (κ3) is 6.86. The Morgan fingerprint density at radius 1 is 1.26 bits per heavy atom. The van der Waals surface area contributed by atoms with Gasteiger partial charge < -0.3 is 20.5 Å². The molecule has 0 aliphatic heterocycles. The van der Waals surface area contributed by atoms with Crippen LogP contribution < -0.4 is 11.1 Å². The first kappa shape index (κ1) is 21.2. The minimum Gasteiger partial charge on any atom is -0.465 e. The number of benzene rings is 1. The molecule has 1 saturated carbocycles. The number of esters is 1. The summed E-state index contributed by atoms with van der Waals surface area (Å²) >= 11 is 0. The highest BCUT2D eigenvalue weighted by Crippen LogP contribution is 2.28. The number of methoxy groups -OCH3 is 1. The van der Waals surface area contributed by atoms with Gasteiger partial charge in [-0.2, -0.15) is 0 Å². The van der Waals surface area contributed by atoms with Crippen LogP contribution in [0.1, 0.15) is 62.4 Å². The fraction of sp³-hybridized carbons (Fsp3) is 0.619. The van der Waals surface area contributed by atoms with Gasteiger partial charge in [-0.15, -0.1) is 0 Å². The van der Waals surface area contributed by atoms with Gasteiger partial charge >= 0.3 is 12.1 Å². The van der Waals surface area contributed by atoms with Crippen LogP contribution in [0.25, 0.3) is 0 Å². The van der Waals surface area contributed by atoms with Crippen molar-refractivity contribution in [3.63, 3.8) is 0 Å². The highest BCUT2D eigenvalue weighted by Gasteiger charge is 2.30. The van der Waals surface area contributed by atoms with Gasteiger partial charge in [0.15, 0.2) is 0 Å². The SMILES string of the molecule is COC(=O)c1cccc(CC[C@@H]2C[C@H](NC(=O)OC(C)(C)C)CC[C@@H]2N)c1. The van der Waals surface area contributed by atoms with Gasteiger partial charge in [-0.1, -0.05) is 12.1 Å². The summed E-state index contributed by atoms with van der Waals surface area (Å²) in [6.45, 7) is 5.57. The van der Waals surface area contributed by atoms with Crippen LogP contribution in [-0.4, -0.2) is 36.9 Å². The van der Waals surface area contributed by atoms with Crippen LogP contribution in [0.4, 0.5) is 4.79 Å². The minimum atomic E-state index is -0.501. The number of aryl methyl sites for hydroxylation is 1. The molecule has 0 heterocycles. The number of hydrogen-bond donors (Lipinski definition) is 2. The Balaban J connectivity index is 1.90. The van der Waals surface area contributed by atoms with Gasteiger partial charge in [-0.05, 0) is 76.5 Å². The molecule has 0 unspecified atom stereocenters. The lowest BCUT2D eigenvalue weighted by molar-refractivity contribution is 0.0479. The summed E-state index contributed by atoms with van der Waals surface area (Å²) in [5.74, 6) is -0.00619. The van der Waals surface area contributed by atoms with E-state index in [4.69, 9.17) is 15.2 Å². The molecular weight excluding hydrogens is 344 g/mol. The third-order valence-corrected chi connectivity index (χ3v) is 4.91. The van der Waals surface area contributed by atoms with E-state index < -0.39 is 5.60 Å². The second-order valence-corrected chi connectivity index (χ2v) is 8.31. The maximum Gasteiger partial charge on any atom is 0.407 e. The number of alkyl carbamates (subject to hydrolysis) is 1. The Hall–Kier alpha value is -2.08. The van der Waals surface area contributed by atoms with Crippen LogP contribution >= 0.6 is 0 Å². The van der Waals surface area contributed by atoms with Crippen molar-refractivity contribution in [1.29, 1.82) is 0 Å². The first-order valence-electron chi connectivity index (χ1n) is 9.60. The van der Waals surface area contributed by atoms with Crippen LogP contribution in [0.5, 0.6) is 0 Å². The number of nitrogens with one attached hydrogen (secondary N) is 1. The van der Waals surface area contributed by atoms with E-state index in [-0.39, 0.29) is 24.1 Å². The highest BCUT2D eigenvalue weighted by molar-refractivity contribution is 5.89. The van der Waals surface area contributed by atoms with Crippen molar-refractivity contribution in [2.75, 3.05) is 7.11 Å². The van der Waals surface area contributed by atoms with E-state index in [1.807, 2.05) is 39.0 Å². The number of rotatable bonds is 5. The Morgan fingerprint density at radius 2 is 2.00 bits per heavy atom. The Kier molecular flexibility index (Phi) is 7.25. The molecule has 1 aromatic carbocycles. The fourth-order valence-electron chi connectivity index (χ4n) is 3.55. The van der Waals surface area contributed by atoms with Crippen molar-refractivity contribution < 1.29 is 19.1 Å². The molecule has 6 nitrogen and oxygen atoms in total. The zero-order valence-electron chi connectivity index (χ0n) is 16.8. The number of ether oxygens (including phenoxy) is 2. The predicted octanol–water partition coefficient (Wildman–Crippen LogP) is 3.43. The topological polar surface area (TPSA) is 90.6 Å². The van der Waals surface area contributed by atoms with E-state index in [1.165, 1.54) is 7.11 Å². The Morgan fingerprint density at radius 3 is 2.67 bits per heavy atom. The zero-order chi connectivity index (χ0) is 20.0. The molecule has 3 N–H and O–H groups in total. The first-order valence-corrected chi connectivity index (χ1v) is 9.60. The van der Waals surface area contributed by atoms with Gasteiger partial charge in [0.2, 0.25) is 0 Å². The van der Waals surface area contributed by atoms with Crippen LogP contribution in [0, 0.1) is 5.92 Å². The molecule has 3 atom stereocenters. The molecule has 0 saturated heterocycles. The maximum absolute atomic E-state index is 12.0. The molecule has 27 heavy (non-hydrogen) atoms. The molecule has 1 aromatic rings. The number of carbonyl (C=O) groups is 2. The summed E-state index contributed by atoms with van der Waals surface area (Å²) in [5, 5.41) is 2.98. The van der Waals surface area contributed by atoms with E-state index in [2.05, 4.69) is 5.32 Å². The smallest absolute Gasteiger partial charge is 0.407 e. The summed E-state index contributed by atoms with van der Waals surface area (Å²) in [7, 11) is 1.38. The van der Waals surface area contributed by atoms with Gasteiger partial charge in [-0.3, -0.25) is 0 Å². The molecule has 1 aliphatic carbocycles. The van der Waals surface area contributed by atoms with Crippen LogP contribution in [0.3, 0.4) is 0 Å². The zero-order valence-corrected chi connectivity index (χ0v) is 16.8. The summed E-state index contributed by atoms with van der Waals surface area (Å²) in [6, 6.07) is 7.72.